The minimum absolute atomic E-state index is 0.00201. The first-order valence-electron chi connectivity index (χ1n) is 7.74. The van der Waals surface area contributed by atoms with Gasteiger partial charge in [0.25, 0.3) is 11.6 Å². The van der Waals surface area contributed by atoms with E-state index in [4.69, 9.17) is 21.1 Å². The van der Waals surface area contributed by atoms with E-state index in [0.717, 1.165) is 0 Å². The Bertz CT molecular complexity index is 933. The zero-order chi connectivity index (χ0) is 19.6. The molecule has 0 saturated carbocycles. The molecule has 0 radical (unpaired) electrons. The molecule has 1 N–H and O–H groups in total. The highest BCUT2D eigenvalue weighted by Gasteiger charge is 2.28. The van der Waals surface area contributed by atoms with E-state index in [1.165, 1.54) is 36.3 Å². The summed E-state index contributed by atoms with van der Waals surface area (Å²) >= 11 is 5.96. The lowest BCUT2D eigenvalue weighted by Gasteiger charge is -2.28. The van der Waals surface area contributed by atoms with Crippen LogP contribution in [-0.2, 0) is 9.59 Å². The number of nitro groups is 1. The van der Waals surface area contributed by atoms with Crippen molar-refractivity contribution in [2.45, 2.75) is 0 Å². The van der Waals surface area contributed by atoms with Crippen LogP contribution in [0.2, 0.25) is 5.02 Å². The molecule has 0 aliphatic carbocycles. The molecular formula is C17H14ClN3O6. The van der Waals surface area contributed by atoms with Gasteiger partial charge in [-0.3, -0.25) is 24.6 Å². The molecule has 140 valence electrons. The molecule has 0 saturated heterocycles. The lowest BCUT2D eigenvalue weighted by atomic mass is 10.2. The molecular weight excluding hydrogens is 378 g/mol. The fourth-order valence-corrected chi connectivity index (χ4v) is 2.74. The van der Waals surface area contributed by atoms with Crippen LogP contribution in [0.1, 0.15) is 0 Å². The van der Waals surface area contributed by atoms with E-state index < -0.39 is 16.7 Å². The van der Waals surface area contributed by atoms with Crippen molar-refractivity contribution in [3.8, 4) is 11.5 Å². The van der Waals surface area contributed by atoms with Gasteiger partial charge < -0.3 is 14.8 Å². The summed E-state index contributed by atoms with van der Waals surface area (Å²) in [6.45, 7) is -0.566. The van der Waals surface area contributed by atoms with Crippen LogP contribution < -0.4 is 19.7 Å². The Morgan fingerprint density at radius 1 is 1.37 bits per heavy atom. The molecule has 1 heterocycles. The second-order valence-electron chi connectivity index (χ2n) is 5.57. The number of carbonyl (C=O) groups excluding carboxylic acids is 2. The molecule has 27 heavy (non-hydrogen) atoms. The van der Waals surface area contributed by atoms with E-state index in [1.807, 2.05) is 0 Å². The Morgan fingerprint density at radius 2 is 2.15 bits per heavy atom. The quantitative estimate of drug-likeness (QED) is 0.619. The summed E-state index contributed by atoms with van der Waals surface area (Å²) in [6, 6.07) is 8.76. The van der Waals surface area contributed by atoms with Gasteiger partial charge in [-0.15, -0.1) is 0 Å². The highest BCUT2D eigenvalue weighted by molar-refractivity contribution is 6.31. The third-order valence-electron chi connectivity index (χ3n) is 3.84. The van der Waals surface area contributed by atoms with Crippen molar-refractivity contribution < 1.29 is 24.0 Å². The standard InChI is InChI=1S/C17H14ClN3O6/c1-26-11-3-4-12(13(7-11)21(24)25)19-16(22)8-20-14-6-10(18)2-5-15(14)27-9-17(20)23/h2-7H,8-9H2,1H3,(H,19,22). The Labute approximate surface area is 158 Å². The van der Waals surface area contributed by atoms with Crippen molar-refractivity contribution >= 4 is 40.5 Å². The Kier molecular flexibility index (Phi) is 5.13. The van der Waals surface area contributed by atoms with Gasteiger partial charge in [0.15, 0.2) is 6.61 Å². The number of rotatable bonds is 5. The minimum atomic E-state index is -0.632. The first-order valence-corrected chi connectivity index (χ1v) is 8.12. The Balaban J connectivity index is 1.82. The molecule has 0 spiro atoms. The molecule has 9 nitrogen and oxygen atoms in total. The fourth-order valence-electron chi connectivity index (χ4n) is 2.58. The molecule has 0 atom stereocenters. The largest absolute Gasteiger partial charge is 0.496 e. The van der Waals surface area contributed by atoms with Crippen LogP contribution in [0.5, 0.6) is 11.5 Å². The van der Waals surface area contributed by atoms with E-state index in [2.05, 4.69) is 5.32 Å². The number of nitrogens with one attached hydrogen (secondary N) is 1. The zero-order valence-electron chi connectivity index (χ0n) is 14.1. The Hall–Kier alpha value is -3.33. The summed E-state index contributed by atoms with van der Waals surface area (Å²) in [6.07, 6.45) is 0. The SMILES string of the molecule is COc1ccc(NC(=O)CN2C(=O)COc3ccc(Cl)cc32)c([N+](=O)[O-])c1. The van der Waals surface area contributed by atoms with E-state index in [1.54, 1.807) is 12.1 Å². The van der Waals surface area contributed by atoms with Crippen LogP contribution in [0.4, 0.5) is 17.1 Å². The second-order valence-corrected chi connectivity index (χ2v) is 6.01. The number of carbonyl (C=O) groups is 2. The Morgan fingerprint density at radius 3 is 2.85 bits per heavy atom. The average Bonchev–Trinajstić information content (AvgIpc) is 2.64. The van der Waals surface area contributed by atoms with Crippen LogP contribution in [0.15, 0.2) is 36.4 Å². The predicted octanol–water partition coefficient (Wildman–Crippen LogP) is 2.62. The summed E-state index contributed by atoms with van der Waals surface area (Å²) in [4.78, 5) is 36.4. The van der Waals surface area contributed by atoms with Gasteiger partial charge in [0.2, 0.25) is 5.91 Å². The second kappa shape index (κ2) is 7.50. The molecule has 0 aromatic heterocycles. The van der Waals surface area contributed by atoms with Crippen molar-refractivity contribution in [1.29, 1.82) is 0 Å². The van der Waals surface area contributed by atoms with Crippen molar-refractivity contribution in [3.05, 3.63) is 51.5 Å². The van der Waals surface area contributed by atoms with Gasteiger partial charge in [-0.2, -0.15) is 0 Å². The van der Waals surface area contributed by atoms with Crippen LogP contribution >= 0.6 is 11.6 Å². The van der Waals surface area contributed by atoms with Crippen molar-refractivity contribution in [2.24, 2.45) is 0 Å². The highest BCUT2D eigenvalue weighted by Crippen LogP contribution is 2.34. The molecule has 2 aromatic carbocycles. The molecule has 3 rings (SSSR count). The number of nitro benzene ring substituents is 1. The summed E-state index contributed by atoms with van der Waals surface area (Å²) in [5.41, 5.74) is 0.0374. The lowest BCUT2D eigenvalue weighted by Crippen LogP contribution is -2.43. The number of nitrogens with zero attached hydrogens (tertiary/aromatic N) is 2. The number of halogens is 1. The van der Waals surface area contributed by atoms with Crippen LogP contribution in [0.3, 0.4) is 0 Å². The molecule has 1 aliphatic heterocycles. The van der Waals surface area contributed by atoms with Gasteiger partial charge in [-0.1, -0.05) is 11.6 Å². The number of methoxy groups -OCH3 is 1. The van der Waals surface area contributed by atoms with Gasteiger partial charge >= 0.3 is 0 Å². The molecule has 0 unspecified atom stereocenters. The minimum Gasteiger partial charge on any atom is -0.496 e. The molecule has 10 heteroatoms. The molecule has 0 bridgehead atoms. The maximum atomic E-state index is 12.4. The van der Waals surface area contributed by atoms with Gasteiger partial charge in [-0.25, -0.2) is 0 Å². The van der Waals surface area contributed by atoms with Gasteiger partial charge in [0.05, 0.1) is 23.8 Å². The van der Waals surface area contributed by atoms with Gasteiger partial charge in [0.1, 0.15) is 23.7 Å². The van der Waals surface area contributed by atoms with Crippen LogP contribution in [0, 0.1) is 10.1 Å². The topological polar surface area (TPSA) is 111 Å². The number of amides is 2. The fraction of sp³-hybridized carbons (Fsp3) is 0.176. The molecule has 2 aromatic rings. The number of hydrogen-bond acceptors (Lipinski definition) is 6. The third kappa shape index (κ3) is 3.93. The number of fused-ring (bicyclic) bond motifs is 1. The van der Waals surface area contributed by atoms with E-state index >= 15 is 0 Å². The smallest absolute Gasteiger partial charge is 0.296 e. The summed E-state index contributed by atoms with van der Waals surface area (Å²) in [5.74, 6) is -0.331. The normalized spacial score (nSPS) is 12.8. The number of hydrogen-bond donors (Lipinski definition) is 1. The molecule has 2 amide bonds. The number of anilines is 2. The van der Waals surface area contributed by atoms with E-state index in [-0.39, 0.29) is 30.3 Å². The summed E-state index contributed by atoms with van der Waals surface area (Å²) in [7, 11) is 1.38. The highest BCUT2D eigenvalue weighted by atomic mass is 35.5. The van der Waals surface area contributed by atoms with Crippen molar-refractivity contribution in [2.75, 3.05) is 30.5 Å². The van der Waals surface area contributed by atoms with Crippen molar-refractivity contribution in [3.63, 3.8) is 0 Å². The monoisotopic (exact) mass is 391 g/mol. The predicted molar refractivity (Wildman–Crippen MR) is 97.6 cm³/mol. The van der Waals surface area contributed by atoms with Crippen LogP contribution in [-0.4, -0.2) is 37.0 Å². The first-order chi connectivity index (χ1) is 12.9. The van der Waals surface area contributed by atoms with Crippen molar-refractivity contribution in [1.82, 2.24) is 0 Å². The number of benzene rings is 2. The third-order valence-corrected chi connectivity index (χ3v) is 4.08. The van der Waals surface area contributed by atoms with E-state index in [0.29, 0.717) is 16.5 Å². The van der Waals surface area contributed by atoms with E-state index in [9.17, 15) is 19.7 Å². The maximum absolute atomic E-state index is 12.4. The lowest BCUT2D eigenvalue weighted by molar-refractivity contribution is -0.384. The summed E-state index contributed by atoms with van der Waals surface area (Å²) < 4.78 is 10.3. The molecule has 1 aliphatic rings. The van der Waals surface area contributed by atoms with Gasteiger partial charge in [-0.05, 0) is 30.3 Å². The molecule has 0 fully saturated rings. The zero-order valence-corrected chi connectivity index (χ0v) is 14.9. The van der Waals surface area contributed by atoms with Gasteiger partial charge in [0, 0.05) is 5.02 Å². The van der Waals surface area contributed by atoms with Crippen LogP contribution in [0.25, 0.3) is 0 Å². The maximum Gasteiger partial charge on any atom is 0.296 e. The number of ether oxygens (including phenoxy) is 2. The average molecular weight is 392 g/mol. The summed E-state index contributed by atoms with van der Waals surface area (Å²) in [5, 5.41) is 14.0. The first kappa shape index (κ1) is 18.5.